The molecule has 3 heterocycles. The molecule has 0 aliphatic carbocycles. The van der Waals surface area contributed by atoms with E-state index in [0.717, 1.165) is 0 Å². The number of thiophene rings is 1. The molecule has 1 fully saturated rings. The van der Waals surface area contributed by atoms with Crippen molar-refractivity contribution in [2.75, 3.05) is 36.4 Å². The van der Waals surface area contributed by atoms with Gasteiger partial charge in [-0.25, -0.2) is 9.37 Å². The van der Waals surface area contributed by atoms with Crippen molar-refractivity contribution in [3.8, 4) is 0 Å². The molecule has 3 aromatic rings. The number of halogens is 1. The first kappa shape index (κ1) is 19.0. The van der Waals surface area contributed by atoms with Crippen LogP contribution >= 0.6 is 11.3 Å². The van der Waals surface area contributed by atoms with Gasteiger partial charge in [0.2, 0.25) is 0 Å². The van der Waals surface area contributed by atoms with E-state index in [4.69, 9.17) is 0 Å². The van der Waals surface area contributed by atoms with Crippen LogP contribution in [0.2, 0.25) is 0 Å². The third-order valence-corrected chi connectivity index (χ3v) is 5.57. The second kappa shape index (κ2) is 8.36. The molecular weight excluding hydrogens is 393 g/mol. The van der Waals surface area contributed by atoms with Crippen molar-refractivity contribution in [2.24, 2.45) is 0 Å². The van der Waals surface area contributed by atoms with Gasteiger partial charge >= 0.3 is 0 Å². The highest BCUT2D eigenvalue weighted by molar-refractivity contribution is 7.12. The van der Waals surface area contributed by atoms with Crippen molar-refractivity contribution < 1.29 is 14.0 Å². The van der Waals surface area contributed by atoms with Crippen LogP contribution in [0.15, 0.2) is 54.3 Å². The van der Waals surface area contributed by atoms with E-state index in [1.54, 1.807) is 34.5 Å². The monoisotopic (exact) mass is 411 g/mol. The first-order valence-corrected chi connectivity index (χ1v) is 9.95. The zero-order chi connectivity index (χ0) is 20.2. The highest BCUT2D eigenvalue weighted by Crippen LogP contribution is 2.26. The number of benzene rings is 1. The lowest BCUT2D eigenvalue weighted by atomic mass is 10.2. The second-order valence-corrected chi connectivity index (χ2v) is 7.35. The predicted molar refractivity (Wildman–Crippen MR) is 109 cm³/mol. The summed E-state index contributed by atoms with van der Waals surface area (Å²) in [6.07, 6.45) is 4.28. The molecule has 9 heteroatoms. The van der Waals surface area contributed by atoms with Crippen LogP contribution in [0.5, 0.6) is 0 Å². The van der Waals surface area contributed by atoms with Gasteiger partial charge in [-0.05, 0) is 23.6 Å². The van der Waals surface area contributed by atoms with Crippen LogP contribution < -0.4 is 10.2 Å². The Balaban J connectivity index is 1.42. The second-order valence-electron chi connectivity index (χ2n) is 6.44. The average molecular weight is 411 g/mol. The number of aromatic nitrogens is 2. The van der Waals surface area contributed by atoms with Crippen LogP contribution in [0.25, 0.3) is 0 Å². The summed E-state index contributed by atoms with van der Waals surface area (Å²) < 4.78 is 14.0. The molecule has 7 nitrogen and oxygen atoms in total. The molecule has 1 aliphatic heterocycles. The standard InChI is InChI=1S/C20H18FN5O2S/c21-14-3-1-2-4-17(14)25-8-10-26(11-9-25)20(28)18-15(5-12-29-18)24-19(27)16-13-22-6-7-23-16/h1-7,12-13H,8-11H2,(H,24,27). The summed E-state index contributed by atoms with van der Waals surface area (Å²) in [5.41, 5.74) is 1.18. The average Bonchev–Trinajstić information content (AvgIpc) is 3.22. The zero-order valence-electron chi connectivity index (χ0n) is 15.4. The van der Waals surface area contributed by atoms with Gasteiger partial charge < -0.3 is 15.1 Å². The smallest absolute Gasteiger partial charge is 0.275 e. The Hall–Kier alpha value is -3.33. The van der Waals surface area contributed by atoms with Gasteiger partial charge in [-0.1, -0.05) is 12.1 Å². The number of carbonyl (C=O) groups excluding carboxylic acids is 2. The molecule has 1 N–H and O–H groups in total. The molecule has 0 saturated carbocycles. The summed E-state index contributed by atoms with van der Waals surface area (Å²) in [4.78, 5) is 37.3. The van der Waals surface area contributed by atoms with Gasteiger partial charge in [-0.2, -0.15) is 0 Å². The Kier molecular flexibility index (Phi) is 5.48. The maximum atomic E-state index is 14.0. The summed E-state index contributed by atoms with van der Waals surface area (Å²) in [5.74, 6) is -0.836. The summed E-state index contributed by atoms with van der Waals surface area (Å²) in [5, 5.41) is 4.49. The number of hydrogen-bond donors (Lipinski definition) is 1. The minimum Gasteiger partial charge on any atom is -0.366 e. The molecule has 2 aromatic heterocycles. The molecule has 4 rings (SSSR count). The van der Waals surface area contributed by atoms with Crippen LogP contribution in [-0.2, 0) is 0 Å². The first-order chi connectivity index (χ1) is 14.1. The SMILES string of the molecule is O=C(Nc1ccsc1C(=O)N1CCN(c2ccccc2F)CC1)c1cnccn1. The molecule has 1 aromatic carbocycles. The lowest BCUT2D eigenvalue weighted by Crippen LogP contribution is -2.49. The Morgan fingerprint density at radius 3 is 2.59 bits per heavy atom. The number of rotatable bonds is 4. The molecule has 0 spiro atoms. The number of para-hydroxylation sites is 1. The number of nitrogens with one attached hydrogen (secondary N) is 1. The van der Waals surface area contributed by atoms with E-state index in [2.05, 4.69) is 15.3 Å². The Morgan fingerprint density at radius 1 is 1.07 bits per heavy atom. The van der Waals surface area contributed by atoms with Gasteiger partial charge in [0.1, 0.15) is 16.4 Å². The summed E-state index contributed by atoms with van der Waals surface area (Å²) >= 11 is 1.27. The highest BCUT2D eigenvalue weighted by Gasteiger charge is 2.26. The van der Waals surface area contributed by atoms with Gasteiger partial charge in [0.15, 0.2) is 0 Å². The van der Waals surface area contributed by atoms with E-state index < -0.39 is 5.91 Å². The molecule has 0 radical (unpaired) electrons. The van der Waals surface area contributed by atoms with Crippen molar-refractivity contribution in [3.63, 3.8) is 0 Å². The van der Waals surface area contributed by atoms with Crippen molar-refractivity contribution in [1.82, 2.24) is 14.9 Å². The Bertz CT molecular complexity index is 1020. The lowest BCUT2D eigenvalue weighted by Gasteiger charge is -2.36. The highest BCUT2D eigenvalue weighted by atomic mass is 32.1. The zero-order valence-corrected chi connectivity index (χ0v) is 16.2. The van der Waals surface area contributed by atoms with E-state index in [0.29, 0.717) is 42.4 Å². The molecule has 2 amide bonds. The van der Waals surface area contributed by atoms with E-state index in [1.807, 2.05) is 4.90 Å². The minimum absolute atomic E-state index is 0.150. The fourth-order valence-corrected chi connectivity index (χ4v) is 3.99. The number of amides is 2. The van der Waals surface area contributed by atoms with Crippen molar-refractivity contribution >= 4 is 34.5 Å². The van der Waals surface area contributed by atoms with Gasteiger partial charge in [0.05, 0.1) is 17.6 Å². The predicted octanol–water partition coefficient (Wildman–Crippen LogP) is 2.89. The van der Waals surface area contributed by atoms with Crippen molar-refractivity contribution in [2.45, 2.75) is 0 Å². The van der Waals surface area contributed by atoms with Gasteiger partial charge in [-0.3, -0.25) is 14.6 Å². The van der Waals surface area contributed by atoms with E-state index in [9.17, 15) is 14.0 Å². The van der Waals surface area contributed by atoms with Gasteiger partial charge in [0, 0.05) is 38.6 Å². The van der Waals surface area contributed by atoms with Crippen LogP contribution in [0.3, 0.4) is 0 Å². The summed E-state index contributed by atoms with van der Waals surface area (Å²) in [6, 6.07) is 8.33. The number of piperazine rings is 1. The minimum atomic E-state index is -0.421. The fourth-order valence-electron chi connectivity index (χ4n) is 3.18. The number of nitrogens with zero attached hydrogens (tertiary/aromatic N) is 4. The maximum Gasteiger partial charge on any atom is 0.275 e. The maximum absolute atomic E-state index is 14.0. The Labute approximate surface area is 170 Å². The van der Waals surface area contributed by atoms with E-state index >= 15 is 0 Å². The van der Waals surface area contributed by atoms with Crippen LogP contribution in [0, 0.1) is 5.82 Å². The lowest BCUT2D eigenvalue weighted by molar-refractivity contribution is 0.0752. The first-order valence-electron chi connectivity index (χ1n) is 9.07. The molecular formula is C20H18FN5O2S. The topological polar surface area (TPSA) is 78.4 Å². The number of anilines is 2. The van der Waals surface area contributed by atoms with E-state index in [-0.39, 0.29) is 17.4 Å². The Morgan fingerprint density at radius 2 is 1.86 bits per heavy atom. The molecule has 148 valence electrons. The molecule has 0 bridgehead atoms. The molecule has 0 unspecified atom stereocenters. The van der Waals surface area contributed by atoms with E-state index in [1.165, 1.54) is 36.0 Å². The van der Waals surface area contributed by atoms with Gasteiger partial charge in [0.25, 0.3) is 11.8 Å². The van der Waals surface area contributed by atoms with Crippen LogP contribution in [0.4, 0.5) is 15.8 Å². The number of hydrogen-bond acceptors (Lipinski definition) is 6. The quantitative estimate of drug-likeness (QED) is 0.714. The van der Waals surface area contributed by atoms with Crippen molar-refractivity contribution in [1.29, 1.82) is 0 Å². The van der Waals surface area contributed by atoms with Crippen molar-refractivity contribution in [3.05, 3.63) is 70.7 Å². The summed E-state index contributed by atoms with van der Waals surface area (Å²) in [6.45, 7) is 2.03. The molecule has 0 atom stereocenters. The third kappa shape index (κ3) is 4.09. The van der Waals surface area contributed by atoms with Crippen LogP contribution in [0.1, 0.15) is 20.2 Å². The normalized spacial score (nSPS) is 14.0. The summed E-state index contributed by atoms with van der Waals surface area (Å²) in [7, 11) is 0. The van der Waals surface area contributed by atoms with Gasteiger partial charge in [-0.15, -0.1) is 11.3 Å². The third-order valence-electron chi connectivity index (χ3n) is 4.66. The number of carbonyl (C=O) groups is 2. The largest absolute Gasteiger partial charge is 0.366 e. The fraction of sp³-hybridized carbons (Fsp3) is 0.200. The molecule has 1 aliphatic rings. The van der Waals surface area contributed by atoms with Crippen LogP contribution in [-0.4, -0.2) is 52.9 Å². The molecule has 1 saturated heterocycles. The molecule has 29 heavy (non-hydrogen) atoms.